The van der Waals surface area contributed by atoms with E-state index in [-0.39, 0.29) is 11.3 Å². The smallest absolute Gasteiger partial charge is 0.309 e. The van der Waals surface area contributed by atoms with E-state index in [0.717, 1.165) is 89.1 Å². The molecular weight excluding hydrogens is 774 g/mol. The first-order chi connectivity index (χ1) is 29.9. The Balaban J connectivity index is 1.29. The van der Waals surface area contributed by atoms with E-state index in [4.69, 9.17) is 6.57 Å². The number of aryl methyl sites for hydroxylation is 4. The number of nitrogens with zero attached hydrogens (tertiary/aromatic N) is 4. The molecule has 0 aliphatic rings. The molecule has 0 radical (unpaired) electrons. The summed E-state index contributed by atoms with van der Waals surface area (Å²) in [6.45, 7) is 16.2. The van der Waals surface area contributed by atoms with Gasteiger partial charge in [-0.1, -0.05) is 96.1 Å². The van der Waals surface area contributed by atoms with Gasteiger partial charge in [0.1, 0.15) is 6.07 Å². The van der Waals surface area contributed by atoms with E-state index in [2.05, 4.69) is 111 Å². The highest BCUT2D eigenvalue weighted by molar-refractivity contribution is 6.12. The molecule has 0 saturated heterocycles. The lowest BCUT2D eigenvalue weighted by Crippen LogP contribution is -2.06. The molecule has 298 valence electrons. The van der Waals surface area contributed by atoms with Crippen LogP contribution in [0, 0.1) is 45.6 Å². The minimum atomic E-state index is -4.71. The van der Waals surface area contributed by atoms with Crippen LogP contribution in [0.3, 0.4) is 0 Å². The Kier molecular flexibility index (Phi) is 8.91. The maximum Gasteiger partial charge on any atom is 0.415 e. The predicted molar refractivity (Wildman–Crippen MR) is 246 cm³/mol. The molecule has 10 aromatic rings. The Bertz CT molecular complexity index is 3590. The molecule has 8 aromatic carbocycles. The summed E-state index contributed by atoms with van der Waals surface area (Å²) in [5, 5.41) is 15.0. The van der Waals surface area contributed by atoms with Gasteiger partial charge in [-0.2, -0.15) is 18.4 Å². The summed E-state index contributed by atoms with van der Waals surface area (Å²) < 4.78 is 48.0. The number of alkyl halides is 3. The molecule has 2 heterocycles. The number of rotatable bonds is 5. The number of benzene rings is 8. The number of para-hydroxylation sites is 2. The van der Waals surface area contributed by atoms with Gasteiger partial charge in [0.25, 0.3) is 0 Å². The van der Waals surface area contributed by atoms with Crippen molar-refractivity contribution in [1.82, 2.24) is 9.13 Å². The van der Waals surface area contributed by atoms with E-state index in [1.807, 2.05) is 63.7 Å². The summed E-state index contributed by atoms with van der Waals surface area (Å²) in [4.78, 5) is 3.49. The van der Waals surface area contributed by atoms with E-state index in [0.29, 0.717) is 22.5 Å². The van der Waals surface area contributed by atoms with Crippen molar-refractivity contribution in [3.05, 3.63) is 196 Å². The van der Waals surface area contributed by atoms with Gasteiger partial charge in [0.2, 0.25) is 0 Å². The lowest BCUT2D eigenvalue weighted by atomic mass is 9.96. The molecule has 10 rings (SSSR count). The Morgan fingerprint density at radius 1 is 0.500 bits per heavy atom. The van der Waals surface area contributed by atoms with E-state index < -0.39 is 11.7 Å². The van der Waals surface area contributed by atoms with Gasteiger partial charge in [-0.05, 0) is 133 Å². The zero-order valence-electron chi connectivity index (χ0n) is 34.4. The van der Waals surface area contributed by atoms with Crippen molar-refractivity contribution >= 4 is 49.3 Å². The van der Waals surface area contributed by atoms with Gasteiger partial charge in [0, 0.05) is 32.7 Å². The molecule has 0 aliphatic carbocycles. The van der Waals surface area contributed by atoms with Crippen LogP contribution in [0.2, 0.25) is 0 Å². The molecular formula is C55H37F3N4. The molecule has 0 atom stereocenters. The van der Waals surface area contributed by atoms with Gasteiger partial charge in [-0.3, -0.25) is 0 Å². The third-order valence-electron chi connectivity index (χ3n) is 12.1. The fourth-order valence-corrected chi connectivity index (χ4v) is 9.34. The summed E-state index contributed by atoms with van der Waals surface area (Å²) in [5.74, 6) is 0. The normalized spacial score (nSPS) is 11.8. The van der Waals surface area contributed by atoms with Crippen molar-refractivity contribution in [2.24, 2.45) is 0 Å². The van der Waals surface area contributed by atoms with Gasteiger partial charge >= 0.3 is 6.18 Å². The zero-order chi connectivity index (χ0) is 43.0. The van der Waals surface area contributed by atoms with Crippen LogP contribution in [-0.4, -0.2) is 9.13 Å². The minimum Gasteiger partial charge on any atom is -0.309 e. The quantitative estimate of drug-likeness (QED) is 0.160. The molecule has 2 aromatic heterocycles. The van der Waals surface area contributed by atoms with Crippen LogP contribution < -0.4 is 0 Å². The van der Waals surface area contributed by atoms with Crippen molar-refractivity contribution in [1.29, 1.82) is 5.26 Å². The summed E-state index contributed by atoms with van der Waals surface area (Å²) in [7, 11) is 0. The van der Waals surface area contributed by atoms with Crippen LogP contribution >= 0.6 is 0 Å². The van der Waals surface area contributed by atoms with Gasteiger partial charge in [0.05, 0.1) is 45.6 Å². The number of hydrogen-bond acceptors (Lipinski definition) is 1. The van der Waals surface area contributed by atoms with Crippen molar-refractivity contribution < 1.29 is 13.2 Å². The van der Waals surface area contributed by atoms with Crippen molar-refractivity contribution in [2.45, 2.75) is 33.9 Å². The second kappa shape index (κ2) is 14.4. The van der Waals surface area contributed by atoms with Crippen LogP contribution in [-0.2, 0) is 6.18 Å². The number of nitriles is 1. The monoisotopic (exact) mass is 810 g/mol. The first-order valence-corrected chi connectivity index (χ1v) is 20.3. The third-order valence-corrected chi connectivity index (χ3v) is 12.1. The summed E-state index contributed by atoms with van der Waals surface area (Å²) in [6.07, 6.45) is -4.71. The topological polar surface area (TPSA) is 38.0 Å². The van der Waals surface area contributed by atoms with E-state index >= 15 is 0 Å². The average molecular weight is 811 g/mol. The summed E-state index contributed by atoms with van der Waals surface area (Å²) in [6, 6.07) is 50.9. The predicted octanol–water partition coefficient (Wildman–Crippen LogP) is 15.6. The maximum absolute atomic E-state index is 14.6. The van der Waals surface area contributed by atoms with E-state index in [1.165, 1.54) is 17.2 Å². The van der Waals surface area contributed by atoms with Crippen molar-refractivity contribution in [3.63, 3.8) is 0 Å². The van der Waals surface area contributed by atoms with Gasteiger partial charge in [-0.15, -0.1) is 0 Å². The van der Waals surface area contributed by atoms with Gasteiger partial charge in [-0.25, -0.2) is 4.85 Å². The van der Waals surface area contributed by atoms with E-state index in [9.17, 15) is 18.4 Å². The third kappa shape index (κ3) is 6.21. The number of aromatic nitrogens is 2. The molecule has 0 fully saturated rings. The van der Waals surface area contributed by atoms with Gasteiger partial charge < -0.3 is 9.13 Å². The molecule has 7 heteroatoms. The molecule has 4 nitrogen and oxygen atoms in total. The van der Waals surface area contributed by atoms with Crippen molar-refractivity contribution in [2.75, 3.05) is 0 Å². The Hall–Kier alpha value is -7.87. The molecule has 0 bridgehead atoms. The molecule has 0 saturated carbocycles. The fourth-order valence-electron chi connectivity index (χ4n) is 9.34. The number of halogens is 3. The highest BCUT2D eigenvalue weighted by atomic mass is 19.4. The van der Waals surface area contributed by atoms with E-state index in [1.54, 1.807) is 6.07 Å². The highest BCUT2D eigenvalue weighted by Gasteiger charge is 2.32. The molecule has 0 amide bonds. The molecule has 62 heavy (non-hydrogen) atoms. The highest BCUT2D eigenvalue weighted by Crippen LogP contribution is 2.44. The SMILES string of the molecule is [C-]#[N+]c1cc(-c2cc(-n3c4ccccc4c4cc(-c5ccc(C)cc5C)ccc43)c(C#N)cc2-n2c3ccccc3c3cc(-c4ccc(C)cc4C)ccc32)cc(C(F)(F)F)c1. The Morgan fingerprint density at radius 3 is 1.52 bits per heavy atom. The summed E-state index contributed by atoms with van der Waals surface area (Å²) >= 11 is 0. The molecule has 0 unspecified atom stereocenters. The van der Waals surface area contributed by atoms with Crippen LogP contribution in [0.15, 0.2) is 152 Å². The summed E-state index contributed by atoms with van der Waals surface area (Å²) in [5.41, 5.74) is 13.3. The first-order valence-electron chi connectivity index (χ1n) is 20.3. The van der Waals surface area contributed by atoms with Crippen LogP contribution in [0.1, 0.15) is 33.4 Å². The largest absolute Gasteiger partial charge is 0.415 e. The average Bonchev–Trinajstić information content (AvgIpc) is 3.77. The Morgan fingerprint density at radius 2 is 1.02 bits per heavy atom. The van der Waals surface area contributed by atoms with Crippen LogP contribution in [0.5, 0.6) is 0 Å². The van der Waals surface area contributed by atoms with Gasteiger partial charge in [0.15, 0.2) is 5.69 Å². The zero-order valence-corrected chi connectivity index (χ0v) is 34.4. The number of hydrogen-bond donors (Lipinski definition) is 0. The molecule has 0 N–H and O–H groups in total. The second-order valence-corrected chi connectivity index (χ2v) is 16.2. The Labute approximate surface area is 356 Å². The minimum absolute atomic E-state index is 0.136. The maximum atomic E-state index is 14.6. The standard InChI is InChI=1S/C55H37F3N4/c1-32-14-18-42(34(3)22-32)36-16-20-51-47(26-36)44-10-6-8-12-49(44)61(51)53-30-46(38-24-40(55(56,57)58)29-41(25-38)60-5)54(28-39(53)31-59)62-50-13-9-7-11-45(50)48-27-37(17-21-52(48)62)43-19-15-33(2)23-35(43)4/h6-30H,1-4H3. The first kappa shape index (κ1) is 38.3. The second-order valence-electron chi connectivity index (χ2n) is 16.2. The van der Waals surface area contributed by atoms with Crippen LogP contribution in [0.25, 0.3) is 93.2 Å². The molecule has 0 spiro atoms. The lowest BCUT2D eigenvalue weighted by Gasteiger charge is -2.20. The van der Waals surface area contributed by atoms with Crippen LogP contribution in [0.4, 0.5) is 18.9 Å². The lowest BCUT2D eigenvalue weighted by molar-refractivity contribution is -0.137. The van der Waals surface area contributed by atoms with Crippen molar-refractivity contribution in [3.8, 4) is 50.8 Å². The molecule has 0 aliphatic heterocycles. The number of fused-ring (bicyclic) bond motifs is 6. The fraction of sp³-hybridized carbons (Fsp3) is 0.0909.